The molecule has 1 saturated heterocycles. The maximum atomic E-state index is 12.4. The summed E-state index contributed by atoms with van der Waals surface area (Å²) in [5, 5.41) is 0. The van der Waals surface area contributed by atoms with E-state index in [9.17, 15) is 13.6 Å². The molecular weight excluding hydrogens is 288 g/mol. The van der Waals surface area contributed by atoms with Crippen LogP contribution in [0.25, 0.3) is 0 Å². The second kappa shape index (κ2) is 6.88. The molecule has 1 aromatic carbocycles. The first-order valence-corrected chi connectivity index (χ1v) is 7.04. The summed E-state index contributed by atoms with van der Waals surface area (Å²) in [5.74, 6) is 0.615. The zero-order chi connectivity index (χ0) is 14.5. The normalized spacial score (nSPS) is 18.6. The van der Waals surface area contributed by atoms with Gasteiger partial charge in [0.15, 0.2) is 0 Å². The molecule has 1 unspecified atom stereocenters. The summed E-state index contributed by atoms with van der Waals surface area (Å²) < 4.78 is 29.1. The Hall–Kier alpha value is -1.36. The molecule has 1 aromatic rings. The number of nitrogens with zero attached hydrogens (tertiary/aromatic N) is 1. The second-order valence-corrected chi connectivity index (χ2v) is 5.14. The zero-order valence-corrected chi connectivity index (χ0v) is 11.7. The predicted molar refractivity (Wildman–Crippen MR) is 72.4 cm³/mol. The van der Waals surface area contributed by atoms with Gasteiger partial charge in [0.2, 0.25) is 0 Å². The van der Waals surface area contributed by atoms with Gasteiger partial charge in [0.05, 0.1) is 5.56 Å². The Morgan fingerprint density at radius 1 is 1.45 bits per heavy atom. The van der Waals surface area contributed by atoms with E-state index in [1.807, 2.05) is 0 Å². The molecule has 0 radical (unpaired) electrons. The van der Waals surface area contributed by atoms with Crippen LogP contribution in [0.5, 0.6) is 5.75 Å². The minimum absolute atomic E-state index is 0.0757. The van der Waals surface area contributed by atoms with Gasteiger partial charge in [-0.1, -0.05) is 12.1 Å². The van der Waals surface area contributed by atoms with Crippen LogP contribution in [-0.4, -0.2) is 36.4 Å². The Kier molecular flexibility index (Phi) is 5.17. The van der Waals surface area contributed by atoms with Crippen molar-refractivity contribution in [3.8, 4) is 5.75 Å². The van der Waals surface area contributed by atoms with E-state index in [0.717, 1.165) is 12.8 Å². The Bertz CT molecular complexity index is 470. The molecule has 0 N–H and O–H groups in total. The standard InChI is InChI=1S/C14H16ClF2NO2/c15-7-5-10-6-8-18(9-10)13(19)11-3-1-2-4-12(11)20-14(16)17/h1-4,10,14H,5-9H2. The fraction of sp³-hybridized carbons (Fsp3) is 0.500. The Labute approximate surface area is 121 Å². The van der Waals surface area contributed by atoms with Crippen LogP contribution in [-0.2, 0) is 0 Å². The number of alkyl halides is 3. The number of rotatable bonds is 5. The van der Waals surface area contributed by atoms with E-state index in [1.165, 1.54) is 12.1 Å². The van der Waals surface area contributed by atoms with Crippen molar-refractivity contribution >= 4 is 17.5 Å². The molecule has 110 valence electrons. The number of carbonyl (C=O) groups excluding carboxylic acids is 1. The van der Waals surface area contributed by atoms with E-state index < -0.39 is 6.61 Å². The highest BCUT2D eigenvalue weighted by Crippen LogP contribution is 2.26. The van der Waals surface area contributed by atoms with Crippen molar-refractivity contribution in [3.63, 3.8) is 0 Å². The van der Waals surface area contributed by atoms with Crippen LogP contribution in [0.3, 0.4) is 0 Å². The van der Waals surface area contributed by atoms with Gasteiger partial charge in [-0.05, 0) is 30.9 Å². The molecule has 0 aromatic heterocycles. The number of halogens is 3. The van der Waals surface area contributed by atoms with Crippen molar-refractivity contribution in [1.82, 2.24) is 4.90 Å². The van der Waals surface area contributed by atoms with E-state index in [2.05, 4.69) is 4.74 Å². The smallest absolute Gasteiger partial charge is 0.387 e. The number of hydrogen-bond acceptors (Lipinski definition) is 2. The number of likely N-dealkylation sites (tertiary alicyclic amines) is 1. The SMILES string of the molecule is O=C(c1ccccc1OC(F)F)N1CCC(CCCl)C1. The highest BCUT2D eigenvalue weighted by atomic mass is 35.5. The van der Waals surface area contributed by atoms with Crippen molar-refractivity contribution < 1.29 is 18.3 Å². The first kappa shape index (κ1) is 15.0. The molecular formula is C14H16ClF2NO2. The van der Waals surface area contributed by atoms with Crippen molar-refractivity contribution in [2.75, 3.05) is 19.0 Å². The van der Waals surface area contributed by atoms with Gasteiger partial charge >= 0.3 is 6.61 Å². The van der Waals surface area contributed by atoms with E-state index >= 15 is 0 Å². The average Bonchev–Trinajstić information content (AvgIpc) is 2.87. The largest absolute Gasteiger partial charge is 0.434 e. The van der Waals surface area contributed by atoms with E-state index in [0.29, 0.717) is 24.9 Å². The van der Waals surface area contributed by atoms with Crippen LogP contribution in [0.15, 0.2) is 24.3 Å². The summed E-state index contributed by atoms with van der Waals surface area (Å²) in [6.45, 7) is -1.69. The van der Waals surface area contributed by atoms with Gasteiger partial charge in [-0.15, -0.1) is 11.6 Å². The topological polar surface area (TPSA) is 29.5 Å². The molecule has 6 heteroatoms. The third kappa shape index (κ3) is 3.60. The number of hydrogen-bond donors (Lipinski definition) is 0. The van der Waals surface area contributed by atoms with Crippen LogP contribution < -0.4 is 4.74 Å². The van der Waals surface area contributed by atoms with Crippen molar-refractivity contribution in [1.29, 1.82) is 0 Å². The lowest BCUT2D eigenvalue weighted by Gasteiger charge is -2.18. The number of benzene rings is 1. The highest BCUT2D eigenvalue weighted by molar-refractivity contribution is 6.17. The third-order valence-corrected chi connectivity index (χ3v) is 3.64. The monoisotopic (exact) mass is 303 g/mol. The van der Waals surface area contributed by atoms with Gasteiger partial charge in [-0.3, -0.25) is 4.79 Å². The van der Waals surface area contributed by atoms with Crippen LogP contribution >= 0.6 is 11.6 Å². The highest BCUT2D eigenvalue weighted by Gasteiger charge is 2.28. The molecule has 1 aliphatic heterocycles. The number of carbonyl (C=O) groups is 1. The Morgan fingerprint density at radius 3 is 2.90 bits per heavy atom. The molecule has 1 heterocycles. The van der Waals surface area contributed by atoms with Gasteiger partial charge in [0.1, 0.15) is 5.75 Å². The maximum absolute atomic E-state index is 12.4. The van der Waals surface area contributed by atoms with Gasteiger partial charge in [0.25, 0.3) is 5.91 Å². The molecule has 0 saturated carbocycles. The fourth-order valence-electron chi connectivity index (χ4n) is 2.42. The van der Waals surface area contributed by atoms with E-state index in [1.54, 1.807) is 17.0 Å². The molecule has 0 bridgehead atoms. The van der Waals surface area contributed by atoms with Gasteiger partial charge in [-0.2, -0.15) is 8.78 Å². The number of amides is 1. The minimum Gasteiger partial charge on any atom is -0.434 e. The summed E-state index contributed by atoms with van der Waals surface area (Å²) in [6.07, 6.45) is 1.76. The number of para-hydroxylation sites is 1. The molecule has 1 atom stereocenters. The first-order chi connectivity index (χ1) is 9.61. The number of ether oxygens (including phenoxy) is 1. The fourth-order valence-corrected chi connectivity index (χ4v) is 2.73. The summed E-state index contributed by atoms with van der Waals surface area (Å²) in [4.78, 5) is 14.0. The summed E-state index contributed by atoms with van der Waals surface area (Å²) >= 11 is 5.70. The Morgan fingerprint density at radius 2 is 2.20 bits per heavy atom. The van der Waals surface area contributed by atoms with E-state index in [-0.39, 0.29) is 17.2 Å². The van der Waals surface area contributed by atoms with Crippen LogP contribution in [0.4, 0.5) is 8.78 Å². The van der Waals surface area contributed by atoms with Crippen LogP contribution in [0, 0.1) is 5.92 Å². The molecule has 1 aliphatic rings. The molecule has 2 rings (SSSR count). The van der Waals surface area contributed by atoms with Gasteiger partial charge in [0, 0.05) is 19.0 Å². The molecule has 1 amide bonds. The summed E-state index contributed by atoms with van der Waals surface area (Å²) in [5.41, 5.74) is 0.180. The lowest BCUT2D eigenvalue weighted by Crippen LogP contribution is -2.29. The maximum Gasteiger partial charge on any atom is 0.387 e. The lowest BCUT2D eigenvalue weighted by atomic mass is 10.1. The molecule has 20 heavy (non-hydrogen) atoms. The molecule has 0 spiro atoms. The second-order valence-electron chi connectivity index (χ2n) is 4.76. The van der Waals surface area contributed by atoms with E-state index in [4.69, 9.17) is 11.6 Å². The predicted octanol–water partition coefficient (Wildman–Crippen LogP) is 3.38. The molecule has 0 aliphatic carbocycles. The summed E-state index contributed by atoms with van der Waals surface area (Å²) in [7, 11) is 0. The quantitative estimate of drug-likeness (QED) is 0.781. The first-order valence-electron chi connectivity index (χ1n) is 6.51. The average molecular weight is 304 g/mol. The van der Waals surface area contributed by atoms with Crippen LogP contribution in [0.2, 0.25) is 0 Å². The van der Waals surface area contributed by atoms with Gasteiger partial charge < -0.3 is 9.64 Å². The van der Waals surface area contributed by atoms with Crippen molar-refractivity contribution in [2.24, 2.45) is 5.92 Å². The Balaban J connectivity index is 2.10. The zero-order valence-electron chi connectivity index (χ0n) is 10.9. The van der Waals surface area contributed by atoms with Gasteiger partial charge in [-0.25, -0.2) is 0 Å². The molecule has 1 fully saturated rings. The summed E-state index contributed by atoms with van der Waals surface area (Å²) in [6, 6.07) is 6.09. The minimum atomic E-state index is -2.94. The van der Waals surface area contributed by atoms with Crippen molar-refractivity contribution in [2.45, 2.75) is 19.5 Å². The molecule has 3 nitrogen and oxygen atoms in total. The third-order valence-electron chi connectivity index (χ3n) is 3.42. The lowest BCUT2D eigenvalue weighted by molar-refractivity contribution is -0.0502. The van der Waals surface area contributed by atoms with Crippen molar-refractivity contribution in [3.05, 3.63) is 29.8 Å². The van der Waals surface area contributed by atoms with Crippen LogP contribution in [0.1, 0.15) is 23.2 Å².